The topological polar surface area (TPSA) is 41.6 Å². The molecule has 0 atom stereocenters. The highest BCUT2D eigenvalue weighted by atomic mass is 19.4. The van der Waals surface area contributed by atoms with Crippen LogP contribution in [0.25, 0.3) is 0 Å². The number of ether oxygens (including phenoxy) is 1. The normalized spacial score (nSPS) is 11.3. The first-order valence-corrected chi connectivity index (χ1v) is 6.55. The number of para-hydroxylation sites is 1. The molecule has 1 rings (SSSR count). The van der Waals surface area contributed by atoms with Gasteiger partial charge in [0, 0.05) is 25.6 Å². The van der Waals surface area contributed by atoms with Crippen LogP contribution in [0, 0.1) is 0 Å². The summed E-state index contributed by atoms with van der Waals surface area (Å²) >= 11 is 0. The Morgan fingerprint density at radius 1 is 1.33 bits per heavy atom. The molecule has 1 aromatic rings. The Bertz CT molecular complexity index is 464. The second-order valence-electron chi connectivity index (χ2n) is 4.61. The van der Waals surface area contributed by atoms with Crippen LogP contribution in [0.4, 0.5) is 13.2 Å². The van der Waals surface area contributed by atoms with Crippen molar-refractivity contribution in [1.82, 2.24) is 10.2 Å². The van der Waals surface area contributed by atoms with Crippen LogP contribution < -0.4 is 10.1 Å². The van der Waals surface area contributed by atoms with E-state index in [4.69, 9.17) is 0 Å². The number of hydrogen-bond donors (Lipinski definition) is 1. The van der Waals surface area contributed by atoms with E-state index in [9.17, 15) is 18.0 Å². The molecule has 0 unspecified atom stereocenters. The Hall–Kier alpha value is -1.76. The Labute approximate surface area is 121 Å². The summed E-state index contributed by atoms with van der Waals surface area (Å²) in [6.07, 6.45) is -3.72. The first kappa shape index (κ1) is 17.3. The van der Waals surface area contributed by atoms with Crippen molar-refractivity contribution in [2.24, 2.45) is 0 Å². The molecule has 1 amide bonds. The predicted molar refractivity (Wildman–Crippen MR) is 72.8 cm³/mol. The minimum atomic E-state index is -4.74. The number of alkyl halides is 3. The number of nitrogens with one attached hydrogen (secondary N) is 1. The van der Waals surface area contributed by atoms with Crippen molar-refractivity contribution in [3.05, 3.63) is 29.8 Å². The molecule has 1 N–H and O–H groups in total. The van der Waals surface area contributed by atoms with E-state index in [1.54, 1.807) is 20.2 Å². The summed E-state index contributed by atoms with van der Waals surface area (Å²) in [7, 11) is 3.35. The van der Waals surface area contributed by atoms with Crippen molar-refractivity contribution in [3.63, 3.8) is 0 Å². The van der Waals surface area contributed by atoms with Gasteiger partial charge in [0.25, 0.3) is 0 Å². The molecule has 1 aromatic carbocycles. The molecule has 0 aliphatic carbocycles. The van der Waals surface area contributed by atoms with Gasteiger partial charge in [0.2, 0.25) is 5.91 Å². The van der Waals surface area contributed by atoms with Crippen LogP contribution in [0.1, 0.15) is 18.4 Å². The molecule has 0 fully saturated rings. The monoisotopic (exact) mass is 304 g/mol. The van der Waals surface area contributed by atoms with Crippen LogP contribution in [-0.2, 0) is 11.3 Å². The van der Waals surface area contributed by atoms with Crippen LogP contribution in [0.15, 0.2) is 24.3 Å². The van der Waals surface area contributed by atoms with E-state index in [0.717, 1.165) is 0 Å². The molecule has 0 spiro atoms. The number of halogens is 3. The maximum atomic E-state index is 12.3. The zero-order valence-corrected chi connectivity index (χ0v) is 12.0. The van der Waals surface area contributed by atoms with Crippen LogP contribution in [0.2, 0.25) is 0 Å². The Morgan fingerprint density at radius 3 is 2.62 bits per heavy atom. The fourth-order valence-electron chi connectivity index (χ4n) is 1.81. The molecule has 0 saturated carbocycles. The molecule has 4 nitrogen and oxygen atoms in total. The molecule has 0 radical (unpaired) electrons. The number of amides is 1. The lowest BCUT2D eigenvalue weighted by Gasteiger charge is -2.20. The van der Waals surface area contributed by atoms with Crippen LogP contribution >= 0.6 is 0 Å². The van der Waals surface area contributed by atoms with E-state index in [2.05, 4.69) is 10.1 Å². The van der Waals surface area contributed by atoms with Crippen LogP contribution in [-0.4, -0.2) is 37.8 Å². The summed E-state index contributed by atoms with van der Waals surface area (Å²) in [6, 6.07) is 5.82. The van der Waals surface area contributed by atoms with Gasteiger partial charge in [-0.3, -0.25) is 4.79 Å². The largest absolute Gasteiger partial charge is 0.573 e. The quantitative estimate of drug-likeness (QED) is 0.787. The Kier molecular flexibility index (Phi) is 6.48. The van der Waals surface area contributed by atoms with Gasteiger partial charge >= 0.3 is 6.36 Å². The SMILES string of the molecule is CNCCCC(=O)N(C)Cc1ccccc1OC(F)(F)F. The molecule has 0 saturated heterocycles. The number of nitrogens with zero attached hydrogens (tertiary/aromatic N) is 1. The van der Waals surface area contributed by atoms with Crippen molar-refractivity contribution in [2.75, 3.05) is 20.6 Å². The standard InChI is InChI=1S/C14H19F3N2O2/c1-18-9-5-8-13(20)19(2)10-11-6-3-4-7-12(11)21-14(15,16)17/h3-4,6-7,18H,5,8-10H2,1-2H3. The van der Waals surface area contributed by atoms with Crippen molar-refractivity contribution in [3.8, 4) is 5.75 Å². The summed E-state index contributed by atoms with van der Waals surface area (Å²) in [6.45, 7) is 0.790. The molecule has 118 valence electrons. The fourth-order valence-corrected chi connectivity index (χ4v) is 1.81. The maximum Gasteiger partial charge on any atom is 0.573 e. The van der Waals surface area contributed by atoms with E-state index >= 15 is 0 Å². The first-order valence-electron chi connectivity index (χ1n) is 6.55. The fraction of sp³-hybridized carbons (Fsp3) is 0.500. The summed E-state index contributed by atoms with van der Waals surface area (Å²) in [4.78, 5) is 13.3. The predicted octanol–water partition coefficient (Wildman–Crippen LogP) is 2.54. The van der Waals surface area contributed by atoms with Crippen LogP contribution in [0.3, 0.4) is 0 Å². The average Bonchev–Trinajstić information content (AvgIpc) is 2.39. The van der Waals surface area contributed by atoms with Gasteiger partial charge in [-0.2, -0.15) is 0 Å². The van der Waals surface area contributed by atoms with Gasteiger partial charge in [-0.15, -0.1) is 13.2 Å². The van der Waals surface area contributed by atoms with Crippen molar-refractivity contribution >= 4 is 5.91 Å². The van der Waals surface area contributed by atoms with Gasteiger partial charge in [0.15, 0.2) is 0 Å². The lowest BCUT2D eigenvalue weighted by Crippen LogP contribution is -2.27. The third-order valence-electron chi connectivity index (χ3n) is 2.85. The lowest BCUT2D eigenvalue weighted by atomic mass is 10.2. The van der Waals surface area contributed by atoms with Crippen LogP contribution in [0.5, 0.6) is 5.75 Å². The van der Waals surface area contributed by atoms with Gasteiger partial charge in [-0.25, -0.2) is 0 Å². The number of rotatable bonds is 7. The molecule has 0 aliphatic heterocycles. The third-order valence-corrected chi connectivity index (χ3v) is 2.85. The number of benzene rings is 1. The minimum Gasteiger partial charge on any atom is -0.405 e. The highest BCUT2D eigenvalue weighted by Crippen LogP contribution is 2.27. The first-order chi connectivity index (χ1) is 9.83. The second kappa shape index (κ2) is 7.87. The number of carbonyl (C=O) groups excluding carboxylic acids is 1. The van der Waals surface area contributed by atoms with Gasteiger partial charge in [-0.05, 0) is 26.1 Å². The maximum absolute atomic E-state index is 12.3. The Balaban J connectivity index is 2.67. The van der Waals surface area contributed by atoms with E-state index in [1.165, 1.54) is 23.1 Å². The van der Waals surface area contributed by atoms with E-state index < -0.39 is 6.36 Å². The minimum absolute atomic E-state index is 0.0740. The van der Waals surface area contributed by atoms with Gasteiger partial charge in [0.05, 0.1) is 0 Å². The molecule has 0 heterocycles. The number of hydrogen-bond acceptors (Lipinski definition) is 3. The molecular weight excluding hydrogens is 285 g/mol. The molecular formula is C14H19F3N2O2. The zero-order valence-electron chi connectivity index (χ0n) is 12.0. The number of carbonyl (C=O) groups is 1. The Morgan fingerprint density at radius 2 is 2.00 bits per heavy atom. The third kappa shape index (κ3) is 6.48. The summed E-state index contributed by atoms with van der Waals surface area (Å²) in [5.74, 6) is -0.396. The molecule has 21 heavy (non-hydrogen) atoms. The summed E-state index contributed by atoms with van der Waals surface area (Å²) in [5.41, 5.74) is 0.319. The smallest absolute Gasteiger partial charge is 0.405 e. The lowest BCUT2D eigenvalue weighted by molar-refractivity contribution is -0.275. The van der Waals surface area contributed by atoms with Gasteiger partial charge in [-0.1, -0.05) is 18.2 Å². The summed E-state index contributed by atoms with van der Waals surface area (Å²) in [5, 5.41) is 2.93. The molecule has 0 aliphatic rings. The van der Waals surface area contributed by atoms with Gasteiger partial charge < -0.3 is 15.0 Å². The highest BCUT2D eigenvalue weighted by Gasteiger charge is 2.32. The molecule has 0 aromatic heterocycles. The van der Waals surface area contributed by atoms with Crippen molar-refractivity contribution in [1.29, 1.82) is 0 Å². The van der Waals surface area contributed by atoms with E-state index in [0.29, 0.717) is 24.9 Å². The van der Waals surface area contributed by atoms with Crippen molar-refractivity contribution < 1.29 is 22.7 Å². The zero-order chi connectivity index (χ0) is 15.9. The summed E-state index contributed by atoms with van der Waals surface area (Å²) < 4.78 is 40.9. The van der Waals surface area contributed by atoms with Crippen molar-refractivity contribution in [2.45, 2.75) is 25.7 Å². The van der Waals surface area contributed by atoms with E-state index in [1.807, 2.05) is 0 Å². The molecule has 0 bridgehead atoms. The van der Waals surface area contributed by atoms with E-state index in [-0.39, 0.29) is 18.2 Å². The highest BCUT2D eigenvalue weighted by molar-refractivity contribution is 5.75. The van der Waals surface area contributed by atoms with Gasteiger partial charge in [0.1, 0.15) is 5.75 Å². The second-order valence-corrected chi connectivity index (χ2v) is 4.61. The average molecular weight is 304 g/mol. The molecule has 7 heteroatoms.